The molecule has 0 aromatic carbocycles. The number of hydrogen-bond acceptors (Lipinski definition) is 3. The molecule has 2 N–H and O–H groups in total. The Hall–Kier alpha value is -0.680. The number of nitrogens with two attached hydrogens (primary N) is 1. The van der Waals surface area contributed by atoms with Crippen LogP contribution in [-0.4, -0.2) is 53.9 Å². The molecule has 1 rings (SSSR count). The fraction of sp³-hybridized carbons (Fsp3) is 0.800. The van der Waals surface area contributed by atoms with E-state index in [2.05, 4.69) is 0 Å². The molecule has 1 aliphatic heterocycles. The lowest BCUT2D eigenvalue weighted by molar-refractivity contribution is -0.131. The molecule has 0 spiro atoms. The van der Waals surface area contributed by atoms with Gasteiger partial charge in [0.15, 0.2) is 0 Å². The third-order valence-corrected chi connectivity index (χ3v) is 2.81. The van der Waals surface area contributed by atoms with Crippen LogP contribution in [0.3, 0.4) is 0 Å². The largest absolute Gasteiger partial charge is 0.393 e. The van der Waals surface area contributed by atoms with Gasteiger partial charge in [-0.1, -0.05) is 12.2 Å². The van der Waals surface area contributed by atoms with Gasteiger partial charge < -0.3 is 10.6 Å². The van der Waals surface area contributed by atoms with E-state index in [1.807, 2.05) is 16.8 Å². The summed E-state index contributed by atoms with van der Waals surface area (Å²) in [4.78, 5) is 16.1. The van der Waals surface area contributed by atoms with E-state index in [-0.39, 0.29) is 5.91 Å². The Bertz CT molecular complexity index is 239. The molecule has 0 aromatic rings. The van der Waals surface area contributed by atoms with Crippen LogP contribution in [0.25, 0.3) is 0 Å². The molecule has 1 amide bonds. The first kappa shape index (κ1) is 12.4. The summed E-state index contributed by atoms with van der Waals surface area (Å²) in [5, 5.41) is 0. The molecule has 0 atom stereocenters. The zero-order chi connectivity index (χ0) is 11.3. The molecule has 86 valence electrons. The molecule has 0 radical (unpaired) electrons. The second-order valence-electron chi connectivity index (χ2n) is 4.04. The maximum Gasteiger partial charge on any atom is 0.236 e. The van der Waals surface area contributed by atoms with Crippen LogP contribution in [0.4, 0.5) is 0 Å². The quantitative estimate of drug-likeness (QED) is 0.685. The van der Waals surface area contributed by atoms with Gasteiger partial charge >= 0.3 is 0 Å². The maximum atomic E-state index is 11.7. The second-order valence-corrected chi connectivity index (χ2v) is 4.57. The van der Waals surface area contributed by atoms with Crippen molar-refractivity contribution in [2.24, 2.45) is 5.73 Å². The second kappa shape index (κ2) is 6.02. The fourth-order valence-corrected chi connectivity index (χ4v) is 1.77. The standard InChI is InChI=1S/C10H19N3OS/c1-12(7-4-9(11)15)8-10(14)13-5-2-3-6-13/h2-8H2,1H3,(H2,11,15). The first-order chi connectivity index (χ1) is 7.09. The predicted molar refractivity (Wildman–Crippen MR) is 64.7 cm³/mol. The number of likely N-dealkylation sites (tertiary alicyclic amines) is 1. The lowest BCUT2D eigenvalue weighted by Crippen LogP contribution is -2.38. The van der Waals surface area contributed by atoms with Crippen LogP contribution in [0.2, 0.25) is 0 Å². The summed E-state index contributed by atoms with van der Waals surface area (Å²) >= 11 is 4.79. The molecule has 0 bridgehead atoms. The van der Waals surface area contributed by atoms with Gasteiger partial charge in [0.05, 0.1) is 11.5 Å². The highest BCUT2D eigenvalue weighted by atomic mass is 32.1. The van der Waals surface area contributed by atoms with Gasteiger partial charge in [0, 0.05) is 26.1 Å². The number of amides is 1. The molecular weight excluding hydrogens is 210 g/mol. The number of carbonyl (C=O) groups is 1. The van der Waals surface area contributed by atoms with Gasteiger partial charge in [-0.15, -0.1) is 0 Å². The van der Waals surface area contributed by atoms with Crippen molar-refractivity contribution in [1.29, 1.82) is 0 Å². The third-order valence-electron chi connectivity index (χ3n) is 2.60. The summed E-state index contributed by atoms with van der Waals surface area (Å²) in [6, 6.07) is 0. The number of thiocarbonyl (C=S) groups is 1. The lowest BCUT2D eigenvalue weighted by Gasteiger charge is -2.20. The van der Waals surface area contributed by atoms with Gasteiger partial charge in [0.1, 0.15) is 0 Å². The van der Waals surface area contributed by atoms with Gasteiger partial charge in [-0.2, -0.15) is 0 Å². The van der Waals surface area contributed by atoms with Gasteiger partial charge in [0.25, 0.3) is 0 Å². The number of likely N-dealkylation sites (N-methyl/N-ethyl adjacent to an activating group) is 1. The number of rotatable bonds is 5. The molecule has 5 heteroatoms. The van der Waals surface area contributed by atoms with Crippen LogP contribution in [0.15, 0.2) is 0 Å². The van der Waals surface area contributed by atoms with Gasteiger partial charge in [-0.05, 0) is 19.9 Å². The Balaban J connectivity index is 2.21. The molecular formula is C10H19N3OS. The molecule has 1 aliphatic rings. The molecule has 0 unspecified atom stereocenters. The van der Waals surface area contributed by atoms with Gasteiger partial charge in [-0.25, -0.2) is 0 Å². The van der Waals surface area contributed by atoms with Crippen molar-refractivity contribution in [2.75, 3.05) is 33.2 Å². The predicted octanol–water partition coefficient (Wildman–Crippen LogP) is 0.217. The summed E-state index contributed by atoms with van der Waals surface area (Å²) in [7, 11) is 1.92. The van der Waals surface area contributed by atoms with E-state index in [1.54, 1.807) is 0 Å². The Kier molecular flexibility index (Phi) is 4.98. The maximum absolute atomic E-state index is 11.7. The van der Waals surface area contributed by atoms with Crippen molar-refractivity contribution in [1.82, 2.24) is 9.80 Å². The van der Waals surface area contributed by atoms with E-state index in [9.17, 15) is 4.79 Å². The minimum Gasteiger partial charge on any atom is -0.393 e. The molecule has 1 heterocycles. The van der Waals surface area contributed by atoms with Crippen molar-refractivity contribution >= 4 is 23.1 Å². The van der Waals surface area contributed by atoms with Gasteiger partial charge in [0.2, 0.25) is 5.91 Å². The van der Waals surface area contributed by atoms with E-state index < -0.39 is 0 Å². The summed E-state index contributed by atoms with van der Waals surface area (Å²) in [6.45, 7) is 3.07. The van der Waals surface area contributed by atoms with E-state index in [0.717, 1.165) is 32.5 Å². The first-order valence-electron chi connectivity index (χ1n) is 5.34. The highest BCUT2D eigenvalue weighted by molar-refractivity contribution is 7.80. The Labute approximate surface area is 96.4 Å². The average Bonchev–Trinajstić information content (AvgIpc) is 2.67. The average molecular weight is 229 g/mol. The summed E-state index contributed by atoms with van der Waals surface area (Å²) in [5.74, 6) is 0.220. The van der Waals surface area contributed by atoms with Crippen molar-refractivity contribution in [3.8, 4) is 0 Å². The fourth-order valence-electron chi connectivity index (χ4n) is 1.68. The van der Waals surface area contributed by atoms with Crippen LogP contribution in [-0.2, 0) is 4.79 Å². The number of nitrogens with zero attached hydrogens (tertiary/aromatic N) is 2. The molecule has 1 fully saturated rings. The molecule has 15 heavy (non-hydrogen) atoms. The smallest absolute Gasteiger partial charge is 0.236 e. The minimum atomic E-state index is 0.220. The zero-order valence-corrected chi connectivity index (χ0v) is 10.1. The summed E-state index contributed by atoms with van der Waals surface area (Å²) < 4.78 is 0. The Morgan fingerprint density at radius 3 is 2.60 bits per heavy atom. The van der Waals surface area contributed by atoms with E-state index in [0.29, 0.717) is 18.0 Å². The monoisotopic (exact) mass is 229 g/mol. The summed E-state index contributed by atoms with van der Waals surface area (Å²) in [5.41, 5.74) is 5.40. The van der Waals surface area contributed by atoms with Crippen LogP contribution < -0.4 is 5.73 Å². The summed E-state index contributed by atoms with van der Waals surface area (Å²) in [6.07, 6.45) is 2.96. The zero-order valence-electron chi connectivity index (χ0n) is 9.24. The third kappa shape index (κ3) is 4.57. The number of hydrogen-bond donors (Lipinski definition) is 1. The lowest BCUT2D eigenvalue weighted by atomic mass is 10.4. The SMILES string of the molecule is CN(CCC(N)=S)CC(=O)N1CCCC1. The van der Waals surface area contributed by atoms with Gasteiger partial charge in [-0.3, -0.25) is 9.69 Å². The molecule has 0 aromatic heterocycles. The Morgan fingerprint density at radius 2 is 2.07 bits per heavy atom. The van der Waals surface area contributed by atoms with Crippen LogP contribution >= 0.6 is 12.2 Å². The molecule has 0 saturated carbocycles. The molecule has 1 saturated heterocycles. The van der Waals surface area contributed by atoms with E-state index in [1.165, 1.54) is 0 Å². The minimum absolute atomic E-state index is 0.220. The van der Waals surface area contributed by atoms with E-state index in [4.69, 9.17) is 18.0 Å². The van der Waals surface area contributed by atoms with Crippen molar-refractivity contribution in [3.05, 3.63) is 0 Å². The van der Waals surface area contributed by atoms with Crippen LogP contribution in [0.5, 0.6) is 0 Å². The van der Waals surface area contributed by atoms with Crippen LogP contribution in [0.1, 0.15) is 19.3 Å². The van der Waals surface area contributed by atoms with Crippen LogP contribution in [0, 0.1) is 0 Å². The normalized spacial score (nSPS) is 16.0. The number of carbonyl (C=O) groups excluding carboxylic acids is 1. The first-order valence-corrected chi connectivity index (χ1v) is 5.75. The van der Waals surface area contributed by atoms with E-state index >= 15 is 0 Å². The van der Waals surface area contributed by atoms with Crippen molar-refractivity contribution < 1.29 is 4.79 Å². The van der Waals surface area contributed by atoms with Crippen molar-refractivity contribution in [2.45, 2.75) is 19.3 Å². The van der Waals surface area contributed by atoms with Crippen molar-refractivity contribution in [3.63, 3.8) is 0 Å². The highest BCUT2D eigenvalue weighted by Gasteiger charge is 2.18. The highest BCUT2D eigenvalue weighted by Crippen LogP contribution is 2.07. The topological polar surface area (TPSA) is 49.6 Å². The Morgan fingerprint density at radius 1 is 1.47 bits per heavy atom. The molecule has 4 nitrogen and oxygen atoms in total. The molecule has 0 aliphatic carbocycles.